The van der Waals surface area contributed by atoms with Crippen molar-refractivity contribution in [2.45, 2.75) is 192 Å². The van der Waals surface area contributed by atoms with Crippen LogP contribution in [0.5, 0.6) is 11.5 Å². The Bertz CT molecular complexity index is 5250. The normalized spacial score (nSPS) is 22.5. The number of carbonyl (C=O) groups excluding carboxylic acids is 17. The lowest BCUT2D eigenvalue weighted by Gasteiger charge is -2.33. The Balaban J connectivity index is 1.32. The minimum absolute atomic E-state index is 0.0639. The van der Waals surface area contributed by atoms with E-state index in [4.69, 9.17) is 16.2 Å². The molecule has 0 unspecified atom stereocenters. The monoisotopic (exact) mass is 1910 g/mol. The molecular formula is C93H122N18O24S. The molecule has 0 bridgehead atoms. The van der Waals surface area contributed by atoms with Gasteiger partial charge in [-0.15, -0.1) is 11.8 Å². The van der Waals surface area contributed by atoms with E-state index in [2.05, 4.69) is 74.1 Å². The van der Waals surface area contributed by atoms with E-state index in [0.717, 1.165) is 20.9 Å². The summed E-state index contributed by atoms with van der Waals surface area (Å²) in [4.78, 5) is 275. The standard InChI is InChI=1S/C93H122N18O24S/c1-48(2)33-63-82(123)103-67(36-53-21-27-57(28-22-53)56-17-13-12-14-18-56)89(130)109-80(51(7)8)93(134)111(11)52(9)92(133)110(10)43-75(116)98-69(39-73(94)114)86(127)101-64(34-49(3)4)88(129)108-79(50(5)6)91(132)106-71(44-112)90(131)107-72(81(122)97-42-74(95)115)46-136-47-76(117)99-65(35-55-25-31-60(32-26-55)135-45-78(120)121)83(124)102-66(37-54-23-29-59(113)30-24-54)84(125)105-70(40-77(118)119)87(128)104-68(85(126)100-63)38-58-41-96-62-20-16-15-19-61(58)62/h12-32,41,48-52,63-72,79-80,96,112-113H,33-40,42-47H2,1-11H3,(H2,94,114)(H2,95,115)(H,97,122)(H,98,116)(H,99,117)(H,100,126)(H,101,127)(H,102,124)(H,103,123)(H,104,128)(H,105,125)(H,106,132)(H,107,131)(H,108,129)(H,109,130)(H,118,119)(H,120,121)/t52-,63-,64-,65-,66-,67-,68-,69-,70-,71-,72-,79-,80-/m0/s1. The average molecular weight is 1910 g/mol. The molecule has 1 aliphatic heterocycles. The van der Waals surface area contributed by atoms with Crippen LogP contribution in [0.25, 0.3) is 22.0 Å². The molecule has 2 heterocycles. The summed E-state index contributed by atoms with van der Waals surface area (Å²) in [5, 5.41) is 74.2. The number of amides is 17. The van der Waals surface area contributed by atoms with Gasteiger partial charge in [-0.1, -0.05) is 152 Å². The maximum Gasteiger partial charge on any atom is 0.341 e. The van der Waals surface area contributed by atoms with Crippen molar-refractivity contribution in [1.29, 1.82) is 0 Å². The van der Waals surface area contributed by atoms with Crippen molar-refractivity contribution >= 4 is 135 Å². The van der Waals surface area contributed by atoms with Crippen LogP contribution >= 0.6 is 11.8 Å². The molecule has 6 aromatic rings. The summed E-state index contributed by atoms with van der Waals surface area (Å²) < 4.78 is 5.30. The van der Waals surface area contributed by atoms with Crippen molar-refractivity contribution in [2.75, 3.05) is 51.9 Å². The van der Waals surface area contributed by atoms with Gasteiger partial charge in [-0.25, -0.2) is 4.79 Å². The number of para-hydroxylation sites is 1. The number of aromatic nitrogens is 1. The van der Waals surface area contributed by atoms with Crippen LogP contribution < -0.4 is 85.3 Å². The predicted molar refractivity (Wildman–Crippen MR) is 497 cm³/mol. The number of phenolic OH excluding ortho intramolecular Hbond substituents is 1. The van der Waals surface area contributed by atoms with Crippen molar-refractivity contribution in [3.05, 3.63) is 156 Å². The number of H-pyrrole nitrogens is 1. The van der Waals surface area contributed by atoms with E-state index in [9.17, 15) is 82.8 Å². The second kappa shape index (κ2) is 52.2. The highest BCUT2D eigenvalue weighted by Gasteiger charge is 2.41. The van der Waals surface area contributed by atoms with Crippen LogP contribution in [-0.4, -0.2) is 278 Å². The molecule has 13 atom stereocenters. The first-order chi connectivity index (χ1) is 64.3. The minimum Gasteiger partial charge on any atom is -0.508 e. The van der Waals surface area contributed by atoms with Crippen molar-refractivity contribution in [1.82, 2.24) is 83.9 Å². The fourth-order valence-electron chi connectivity index (χ4n) is 14.6. The maximum absolute atomic E-state index is 15.5. The molecule has 136 heavy (non-hydrogen) atoms. The molecule has 0 aliphatic carbocycles. The van der Waals surface area contributed by atoms with Gasteiger partial charge in [-0.05, 0) is 107 Å². The molecule has 0 radical (unpaired) electrons. The number of nitrogens with two attached hydrogens (primary N) is 2. The van der Waals surface area contributed by atoms with Gasteiger partial charge in [0.05, 0.1) is 38.3 Å². The molecule has 0 spiro atoms. The number of hydrogen-bond acceptors (Lipinski definition) is 23. The second-order valence-corrected chi connectivity index (χ2v) is 35.7. The third kappa shape index (κ3) is 34.2. The van der Waals surface area contributed by atoms with Crippen LogP contribution in [0, 0.1) is 23.7 Å². The van der Waals surface area contributed by atoms with E-state index in [1.807, 2.05) is 30.3 Å². The van der Waals surface area contributed by atoms with Crippen molar-refractivity contribution < 1.29 is 116 Å². The van der Waals surface area contributed by atoms with Gasteiger partial charge in [0.25, 0.3) is 0 Å². The number of aliphatic hydroxyl groups excluding tert-OH is 1. The van der Waals surface area contributed by atoms with Gasteiger partial charge in [-0.2, -0.15) is 0 Å². The van der Waals surface area contributed by atoms with Gasteiger partial charge in [0.1, 0.15) is 90.0 Å². The molecule has 17 amide bonds. The van der Waals surface area contributed by atoms with Crippen LogP contribution in [0.3, 0.4) is 0 Å². The number of nitrogens with zero attached hydrogens (tertiary/aromatic N) is 2. The maximum atomic E-state index is 15.5. The molecule has 0 saturated carbocycles. The zero-order valence-electron chi connectivity index (χ0n) is 77.3. The average Bonchev–Trinajstić information content (AvgIpc) is 0.914. The van der Waals surface area contributed by atoms with Gasteiger partial charge in [0.2, 0.25) is 100 Å². The number of carbonyl (C=O) groups is 19. The zero-order chi connectivity index (χ0) is 100. The lowest BCUT2D eigenvalue weighted by atomic mass is 9.97. The highest BCUT2D eigenvalue weighted by atomic mass is 32.2. The van der Waals surface area contributed by atoms with Crippen LogP contribution in [0.1, 0.15) is 110 Å². The number of hydrogen-bond donors (Lipinski definition) is 20. The van der Waals surface area contributed by atoms with E-state index in [0.29, 0.717) is 33.8 Å². The van der Waals surface area contributed by atoms with Gasteiger partial charge in [0, 0.05) is 62.6 Å². The molecule has 7 rings (SSSR count). The SMILES string of the molecule is CC(C)C[C@@H]1NC(=O)[C@H](Cc2c[nH]c3ccccc23)NC(=O)[C@H](CC(=O)O)NC(=O)[C@H](Cc2ccc(O)cc2)NC(=O)[C@H](Cc2ccc(OCC(=O)O)cc2)NC(=O)CSC[C@@H](C(=O)NCC(N)=O)NC(=O)[C@H](CO)NC(=O)[C@H](C(C)C)NC(=O)[C@H](CC(C)C)NC(=O)[C@H](CC(N)=O)NC(=O)CN(C)C(=O)[C@H](C)N(C)C(=O)[C@H](C(C)C)NC(=O)[C@H](Cc2ccc(-c3ccccc3)cc2)NC1=O. The highest BCUT2D eigenvalue weighted by Crippen LogP contribution is 2.25. The predicted octanol–water partition coefficient (Wildman–Crippen LogP) is -1.51. The molecule has 1 aromatic heterocycles. The van der Waals surface area contributed by atoms with Crippen LogP contribution in [0.2, 0.25) is 0 Å². The summed E-state index contributed by atoms with van der Waals surface area (Å²) in [5.74, 6) is -24.8. The third-order valence-electron chi connectivity index (χ3n) is 21.9. The number of ether oxygens (including phenoxy) is 1. The second-order valence-electron chi connectivity index (χ2n) is 34.7. The molecule has 1 aliphatic rings. The lowest BCUT2D eigenvalue weighted by Crippen LogP contribution is -2.61. The quantitative estimate of drug-likeness (QED) is 0.0294. The summed E-state index contributed by atoms with van der Waals surface area (Å²) >= 11 is 0.646. The fourth-order valence-corrected chi connectivity index (χ4v) is 15.4. The van der Waals surface area contributed by atoms with Crippen LogP contribution in [-0.2, 0) is 117 Å². The van der Waals surface area contributed by atoms with Crippen molar-refractivity contribution in [2.24, 2.45) is 35.1 Å². The first kappa shape index (κ1) is 109. The molecule has 22 N–H and O–H groups in total. The Morgan fingerprint density at radius 2 is 0.897 bits per heavy atom. The van der Waals surface area contributed by atoms with Crippen LogP contribution in [0.4, 0.5) is 0 Å². The Morgan fingerprint density at radius 1 is 0.463 bits per heavy atom. The summed E-state index contributed by atoms with van der Waals surface area (Å²) in [7, 11) is 2.45. The number of aliphatic carboxylic acids is 2. The lowest BCUT2D eigenvalue weighted by molar-refractivity contribution is -0.147. The Labute approximate surface area is 789 Å². The number of aromatic amines is 1. The van der Waals surface area contributed by atoms with E-state index < -0.39 is 278 Å². The van der Waals surface area contributed by atoms with E-state index in [1.54, 1.807) is 96.3 Å². The van der Waals surface area contributed by atoms with E-state index in [-0.39, 0.29) is 48.3 Å². The largest absolute Gasteiger partial charge is 0.508 e. The number of likely N-dealkylation sites (N-methyl/N-ethyl adjacent to an activating group) is 2. The van der Waals surface area contributed by atoms with E-state index >= 15 is 28.8 Å². The molecule has 42 nitrogen and oxygen atoms in total. The summed E-state index contributed by atoms with van der Waals surface area (Å²) in [5.41, 5.74) is 14.6. The smallest absolute Gasteiger partial charge is 0.341 e. The van der Waals surface area contributed by atoms with Gasteiger partial charge < -0.3 is 121 Å². The van der Waals surface area contributed by atoms with Gasteiger partial charge >= 0.3 is 11.9 Å². The Kier molecular flexibility index (Phi) is 41.7. The van der Waals surface area contributed by atoms with Gasteiger partial charge in [-0.3, -0.25) is 86.3 Å². The number of carboxylic acids is 2. The number of aromatic hydroxyl groups is 1. The minimum atomic E-state index is -2.11. The Morgan fingerprint density at radius 3 is 1.41 bits per heavy atom. The number of carboxylic acid groups (broad SMARTS) is 2. The van der Waals surface area contributed by atoms with Gasteiger partial charge in [0.15, 0.2) is 6.61 Å². The molecule has 1 fully saturated rings. The molecular weight excluding hydrogens is 1790 g/mol. The third-order valence-corrected chi connectivity index (χ3v) is 23.0. The number of fused-ring (bicyclic) bond motifs is 1. The molecule has 5 aromatic carbocycles. The fraction of sp³-hybridized carbons (Fsp3) is 0.452. The Hall–Kier alpha value is -14.5. The summed E-state index contributed by atoms with van der Waals surface area (Å²) in [6.07, 6.45) is -2.35. The number of rotatable bonds is 26. The number of aliphatic hydroxyl groups is 1. The summed E-state index contributed by atoms with van der Waals surface area (Å²) in [6.45, 7) is 10.8. The number of primary amides is 2. The number of nitrogens with one attached hydrogen (secondary N) is 14. The number of benzene rings is 5. The van der Waals surface area contributed by atoms with Crippen LogP contribution in [0.15, 0.2) is 134 Å². The summed E-state index contributed by atoms with van der Waals surface area (Å²) in [6, 6.07) is 11.9. The number of thioether (sulfide) groups is 1. The molecule has 1 saturated heterocycles. The van der Waals surface area contributed by atoms with Crippen molar-refractivity contribution in [3.63, 3.8) is 0 Å². The molecule has 734 valence electrons. The molecule has 43 heteroatoms. The highest BCUT2D eigenvalue weighted by molar-refractivity contribution is 8.00. The zero-order valence-corrected chi connectivity index (χ0v) is 78.1. The first-order valence-electron chi connectivity index (χ1n) is 44.1. The van der Waals surface area contributed by atoms with E-state index in [1.165, 1.54) is 83.4 Å². The topological polar surface area (TPSA) is 645 Å². The number of phenols is 1. The van der Waals surface area contributed by atoms with Crippen molar-refractivity contribution in [3.8, 4) is 22.6 Å². The first-order valence-corrected chi connectivity index (χ1v) is 45.2.